The molecule has 0 aromatic heterocycles. The molecule has 0 bridgehead atoms. The number of anilines is 2. The third kappa shape index (κ3) is 5.11. The first-order chi connectivity index (χ1) is 13.8. The van der Waals surface area contributed by atoms with E-state index in [4.69, 9.17) is 27.9 Å². The Kier molecular flexibility index (Phi) is 6.50. The fourth-order valence-electron chi connectivity index (χ4n) is 3.11. The largest absolute Gasteiger partial charge is 0.462 e. The fraction of sp³-hybridized carbons (Fsp3) is 0.273. The predicted octanol–water partition coefficient (Wildman–Crippen LogP) is 5.18. The van der Waals surface area contributed by atoms with Crippen LogP contribution in [0.5, 0.6) is 0 Å². The summed E-state index contributed by atoms with van der Waals surface area (Å²) < 4.78 is 5.25. The molecule has 3 rings (SSSR count). The minimum Gasteiger partial charge on any atom is -0.462 e. The number of nitrogens with one attached hydrogen (secondary N) is 1. The van der Waals surface area contributed by atoms with E-state index in [1.807, 2.05) is 38.1 Å². The molecule has 0 radical (unpaired) electrons. The van der Waals surface area contributed by atoms with Gasteiger partial charge in [0.2, 0.25) is 0 Å². The Bertz CT molecular complexity index is 957. The van der Waals surface area contributed by atoms with E-state index in [1.54, 1.807) is 29.2 Å². The molecule has 152 valence electrons. The zero-order valence-electron chi connectivity index (χ0n) is 16.2. The van der Waals surface area contributed by atoms with E-state index in [9.17, 15) is 9.59 Å². The number of hydrogen-bond donors (Lipinski definition) is 1. The maximum atomic E-state index is 12.8. The number of ether oxygens (including phenoxy) is 1. The predicted molar refractivity (Wildman–Crippen MR) is 118 cm³/mol. The fourth-order valence-corrected chi connectivity index (χ4v) is 3.58. The average Bonchev–Trinajstić information content (AvgIpc) is 2.67. The van der Waals surface area contributed by atoms with Crippen molar-refractivity contribution in [2.24, 2.45) is 0 Å². The highest BCUT2D eigenvalue weighted by atomic mass is 35.5. The van der Waals surface area contributed by atoms with Crippen molar-refractivity contribution in [2.75, 3.05) is 23.4 Å². The number of hydrogen-bond acceptors (Lipinski definition) is 4. The van der Waals surface area contributed by atoms with Crippen LogP contribution in [0.3, 0.4) is 0 Å². The standard InChI is InChI=1S/C22H22Cl2N2O3/c1-22(2)21(28)26(19-7-4-3-6-18(19)25-22)12-5-13-29-20(27)11-9-15-8-10-16(23)14-17(15)24/h3-4,6-11,14,25H,5,12-13H2,1-2H3/b11-9+. The maximum absolute atomic E-state index is 12.8. The second kappa shape index (κ2) is 8.89. The molecule has 2 aromatic rings. The van der Waals surface area contributed by atoms with Gasteiger partial charge < -0.3 is 15.0 Å². The summed E-state index contributed by atoms with van der Waals surface area (Å²) >= 11 is 11.9. The van der Waals surface area contributed by atoms with Crippen LogP contribution in [0.15, 0.2) is 48.5 Å². The quantitative estimate of drug-likeness (QED) is 0.388. The Morgan fingerprint density at radius 2 is 1.97 bits per heavy atom. The number of amides is 1. The molecule has 0 atom stereocenters. The zero-order valence-corrected chi connectivity index (χ0v) is 17.8. The molecule has 1 heterocycles. The maximum Gasteiger partial charge on any atom is 0.330 e. The number of fused-ring (bicyclic) bond motifs is 1. The molecule has 1 aliphatic heterocycles. The molecular formula is C22H22Cl2N2O3. The summed E-state index contributed by atoms with van der Waals surface area (Å²) in [5.74, 6) is -0.483. The lowest BCUT2D eigenvalue weighted by atomic mass is 9.98. The van der Waals surface area contributed by atoms with Crippen LogP contribution in [0.1, 0.15) is 25.8 Å². The SMILES string of the molecule is CC1(C)Nc2ccccc2N(CCCOC(=O)/C=C/c2ccc(Cl)cc2Cl)C1=O. The van der Waals surface area contributed by atoms with Crippen LogP contribution >= 0.6 is 23.2 Å². The first kappa shape index (κ1) is 21.2. The van der Waals surface area contributed by atoms with Crippen LogP contribution in [0, 0.1) is 0 Å². The lowest BCUT2D eigenvalue weighted by molar-refractivity contribution is -0.137. The molecule has 0 saturated carbocycles. The molecule has 0 unspecified atom stereocenters. The van der Waals surface area contributed by atoms with E-state index in [2.05, 4.69) is 5.32 Å². The minimum absolute atomic E-state index is 0.0141. The van der Waals surface area contributed by atoms with Gasteiger partial charge in [0, 0.05) is 22.7 Å². The Balaban J connectivity index is 1.54. The van der Waals surface area contributed by atoms with Crippen molar-refractivity contribution in [1.29, 1.82) is 0 Å². The summed E-state index contributed by atoms with van der Waals surface area (Å²) in [5.41, 5.74) is 1.74. The first-order valence-corrected chi connectivity index (χ1v) is 10.0. The second-order valence-corrected chi connectivity index (χ2v) is 8.09. The van der Waals surface area contributed by atoms with E-state index in [-0.39, 0.29) is 12.5 Å². The number of rotatable bonds is 6. The molecule has 2 aromatic carbocycles. The van der Waals surface area contributed by atoms with Gasteiger partial charge in [-0.25, -0.2) is 4.79 Å². The molecule has 0 fully saturated rings. The molecular weight excluding hydrogens is 411 g/mol. The van der Waals surface area contributed by atoms with E-state index < -0.39 is 11.5 Å². The van der Waals surface area contributed by atoms with E-state index in [0.717, 1.165) is 11.4 Å². The van der Waals surface area contributed by atoms with E-state index >= 15 is 0 Å². The number of esters is 1. The molecule has 0 aliphatic carbocycles. The molecule has 1 aliphatic rings. The zero-order chi connectivity index (χ0) is 21.0. The van der Waals surface area contributed by atoms with Crippen molar-refractivity contribution >= 4 is 52.5 Å². The molecule has 1 N–H and O–H groups in total. The number of benzene rings is 2. The topological polar surface area (TPSA) is 58.6 Å². The van der Waals surface area contributed by atoms with Gasteiger partial charge in [-0.05, 0) is 56.2 Å². The Hall–Kier alpha value is -2.50. The highest BCUT2D eigenvalue weighted by Crippen LogP contribution is 2.35. The number of nitrogens with zero attached hydrogens (tertiary/aromatic N) is 1. The summed E-state index contributed by atoms with van der Waals surface area (Å²) in [4.78, 5) is 26.5. The molecule has 1 amide bonds. The van der Waals surface area contributed by atoms with Crippen LogP contribution in [-0.4, -0.2) is 30.6 Å². The van der Waals surface area contributed by atoms with Gasteiger partial charge in [0.25, 0.3) is 5.91 Å². The molecule has 0 spiro atoms. The lowest BCUT2D eigenvalue weighted by Gasteiger charge is -2.39. The normalized spacial score (nSPS) is 15.2. The third-order valence-corrected chi connectivity index (χ3v) is 5.12. The molecule has 0 saturated heterocycles. The monoisotopic (exact) mass is 432 g/mol. The molecule has 5 nitrogen and oxygen atoms in total. The smallest absolute Gasteiger partial charge is 0.330 e. The van der Waals surface area contributed by atoms with Gasteiger partial charge in [-0.2, -0.15) is 0 Å². The van der Waals surface area contributed by atoms with Gasteiger partial charge in [0.05, 0.1) is 18.0 Å². The van der Waals surface area contributed by atoms with Crippen LogP contribution in [0.2, 0.25) is 10.0 Å². The second-order valence-electron chi connectivity index (χ2n) is 7.24. The summed E-state index contributed by atoms with van der Waals surface area (Å²) in [6, 6.07) is 12.7. The lowest BCUT2D eigenvalue weighted by Crippen LogP contribution is -2.54. The van der Waals surface area contributed by atoms with Crippen molar-refractivity contribution in [3.8, 4) is 0 Å². The number of halogens is 2. The highest BCUT2D eigenvalue weighted by molar-refractivity contribution is 6.35. The first-order valence-electron chi connectivity index (χ1n) is 9.27. The Labute approximate surface area is 180 Å². The number of carbonyl (C=O) groups excluding carboxylic acids is 2. The van der Waals surface area contributed by atoms with Gasteiger partial charge in [-0.15, -0.1) is 0 Å². The van der Waals surface area contributed by atoms with Gasteiger partial charge in [0.15, 0.2) is 0 Å². The third-order valence-electron chi connectivity index (χ3n) is 4.55. The van der Waals surface area contributed by atoms with E-state index in [1.165, 1.54) is 6.08 Å². The van der Waals surface area contributed by atoms with Crippen molar-refractivity contribution in [3.63, 3.8) is 0 Å². The highest BCUT2D eigenvalue weighted by Gasteiger charge is 2.38. The van der Waals surface area contributed by atoms with Crippen molar-refractivity contribution < 1.29 is 14.3 Å². The summed E-state index contributed by atoms with van der Waals surface area (Å²) in [6.45, 7) is 4.37. The number of para-hydroxylation sites is 2. The van der Waals surface area contributed by atoms with Crippen molar-refractivity contribution in [2.45, 2.75) is 25.8 Å². The van der Waals surface area contributed by atoms with Gasteiger partial charge in [0.1, 0.15) is 5.54 Å². The Morgan fingerprint density at radius 1 is 1.21 bits per heavy atom. The van der Waals surface area contributed by atoms with E-state index in [0.29, 0.717) is 28.6 Å². The van der Waals surface area contributed by atoms with Gasteiger partial charge in [-0.3, -0.25) is 4.79 Å². The average molecular weight is 433 g/mol. The number of carbonyl (C=O) groups is 2. The molecule has 29 heavy (non-hydrogen) atoms. The van der Waals surface area contributed by atoms with Crippen LogP contribution in [0.4, 0.5) is 11.4 Å². The minimum atomic E-state index is -0.689. The van der Waals surface area contributed by atoms with Gasteiger partial charge in [-0.1, -0.05) is 41.4 Å². The van der Waals surface area contributed by atoms with Gasteiger partial charge >= 0.3 is 5.97 Å². The summed E-state index contributed by atoms with van der Waals surface area (Å²) in [6.07, 6.45) is 3.43. The van der Waals surface area contributed by atoms with Crippen LogP contribution in [0.25, 0.3) is 6.08 Å². The molecule has 7 heteroatoms. The van der Waals surface area contributed by atoms with Crippen molar-refractivity contribution in [1.82, 2.24) is 0 Å². The van der Waals surface area contributed by atoms with Crippen LogP contribution < -0.4 is 10.2 Å². The summed E-state index contributed by atoms with van der Waals surface area (Å²) in [5, 5.41) is 4.25. The summed E-state index contributed by atoms with van der Waals surface area (Å²) in [7, 11) is 0. The van der Waals surface area contributed by atoms with Crippen LogP contribution in [-0.2, 0) is 14.3 Å². The van der Waals surface area contributed by atoms with Crippen molar-refractivity contribution in [3.05, 3.63) is 64.1 Å². The Morgan fingerprint density at radius 3 is 2.72 bits per heavy atom.